The molecular formula is C35H35N3O4. The number of fused-ring (bicyclic) bond motifs is 1. The van der Waals surface area contributed by atoms with Gasteiger partial charge in [-0.15, -0.1) is 0 Å². The van der Waals surface area contributed by atoms with E-state index in [1.54, 1.807) is 12.1 Å². The number of hydrogen-bond donors (Lipinski definition) is 1. The first-order valence-corrected chi connectivity index (χ1v) is 14.3. The molecule has 0 bridgehead atoms. The first-order valence-electron chi connectivity index (χ1n) is 14.3. The van der Waals surface area contributed by atoms with Crippen LogP contribution in [0.3, 0.4) is 0 Å². The zero-order chi connectivity index (χ0) is 29.6. The van der Waals surface area contributed by atoms with Crippen LogP contribution in [0.1, 0.15) is 55.4 Å². The summed E-state index contributed by atoms with van der Waals surface area (Å²) in [7, 11) is 0. The van der Waals surface area contributed by atoms with Crippen LogP contribution in [0.4, 0.5) is 10.5 Å². The standard InChI is InChI=1S/C35H35N3O4/c1-4-5-15-33-36-30-21-20-28(38(24(2)3)34(39)27-11-7-6-8-12-27)22-31(30)37(33)23-25-16-18-26(19-17-25)29-13-9-10-14-32(29)42-35(40)41/h6-14,16-22,24H,4-5,15,23H2,1-3H3,(H,40,41). The fourth-order valence-corrected chi connectivity index (χ4v) is 5.24. The number of hydrogen-bond acceptors (Lipinski definition) is 4. The number of carbonyl (C=O) groups excluding carboxylic acids is 1. The highest BCUT2D eigenvalue weighted by molar-refractivity contribution is 6.07. The molecule has 0 spiro atoms. The van der Waals surface area contributed by atoms with Gasteiger partial charge in [0.15, 0.2) is 0 Å². The monoisotopic (exact) mass is 561 g/mol. The van der Waals surface area contributed by atoms with E-state index in [0.717, 1.165) is 52.9 Å². The number of benzene rings is 4. The second-order valence-corrected chi connectivity index (χ2v) is 10.6. The maximum atomic E-state index is 13.5. The predicted octanol–water partition coefficient (Wildman–Crippen LogP) is 8.21. The molecule has 0 saturated heterocycles. The number of amides is 1. The summed E-state index contributed by atoms with van der Waals surface area (Å²) in [4.78, 5) is 31.5. The van der Waals surface area contributed by atoms with Crippen LogP contribution in [0.2, 0.25) is 0 Å². The third-order valence-electron chi connectivity index (χ3n) is 7.29. The number of nitrogens with zero attached hydrogens (tertiary/aromatic N) is 3. The summed E-state index contributed by atoms with van der Waals surface area (Å²) < 4.78 is 7.23. The molecule has 0 aliphatic carbocycles. The van der Waals surface area contributed by atoms with Crippen LogP contribution < -0.4 is 9.64 Å². The Hall–Kier alpha value is -4.91. The topological polar surface area (TPSA) is 84.7 Å². The van der Waals surface area contributed by atoms with E-state index < -0.39 is 6.16 Å². The quantitative estimate of drug-likeness (QED) is 0.137. The van der Waals surface area contributed by atoms with E-state index in [0.29, 0.717) is 23.4 Å². The molecule has 1 amide bonds. The zero-order valence-corrected chi connectivity index (χ0v) is 24.2. The van der Waals surface area contributed by atoms with Gasteiger partial charge in [-0.1, -0.05) is 74.0 Å². The lowest BCUT2D eigenvalue weighted by molar-refractivity contribution is 0.0980. The van der Waals surface area contributed by atoms with E-state index >= 15 is 0 Å². The van der Waals surface area contributed by atoms with E-state index in [2.05, 4.69) is 17.6 Å². The van der Waals surface area contributed by atoms with Crippen molar-refractivity contribution in [1.82, 2.24) is 9.55 Å². The van der Waals surface area contributed by atoms with Crippen LogP contribution in [0.25, 0.3) is 22.2 Å². The van der Waals surface area contributed by atoms with Gasteiger partial charge in [-0.25, -0.2) is 9.78 Å². The Morgan fingerprint density at radius 1 is 0.929 bits per heavy atom. The summed E-state index contributed by atoms with van der Waals surface area (Å²) in [6.07, 6.45) is 1.61. The molecule has 0 aliphatic heterocycles. The van der Waals surface area contributed by atoms with Gasteiger partial charge in [-0.05, 0) is 67.8 Å². The summed E-state index contributed by atoms with van der Waals surface area (Å²) in [6, 6.07) is 30.6. The van der Waals surface area contributed by atoms with Crippen molar-refractivity contribution < 1.29 is 19.4 Å². The minimum atomic E-state index is -1.34. The summed E-state index contributed by atoms with van der Waals surface area (Å²) in [5, 5.41) is 9.12. The molecular weight excluding hydrogens is 526 g/mol. The van der Waals surface area contributed by atoms with Crippen molar-refractivity contribution in [3.05, 3.63) is 114 Å². The van der Waals surface area contributed by atoms with Gasteiger partial charge in [-0.2, -0.15) is 0 Å². The summed E-state index contributed by atoms with van der Waals surface area (Å²) in [6.45, 7) is 6.83. The Morgan fingerprint density at radius 3 is 2.33 bits per heavy atom. The fourth-order valence-electron chi connectivity index (χ4n) is 5.24. The molecule has 4 aromatic carbocycles. The second-order valence-electron chi connectivity index (χ2n) is 10.6. The number of aryl methyl sites for hydroxylation is 1. The number of ether oxygens (including phenoxy) is 1. The molecule has 5 rings (SSSR count). The molecule has 0 aliphatic rings. The SMILES string of the molecule is CCCCc1nc2ccc(N(C(=O)c3ccccc3)C(C)C)cc2n1Cc1ccc(-c2ccccc2OC(=O)O)cc1. The molecule has 1 heterocycles. The summed E-state index contributed by atoms with van der Waals surface area (Å²) >= 11 is 0. The molecule has 42 heavy (non-hydrogen) atoms. The molecule has 0 fully saturated rings. The molecule has 1 aromatic heterocycles. The second kappa shape index (κ2) is 12.7. The average molecular weight is 562 g/mol. The molecule has 0 radical (unpaired) electrons. The van der Waals surface area contributed by atoms with Crippen molar-refractivity contribution in [2.45, 2.75) is 52.6 Å². The van der Waals surface area contributed by atoms with E-state index in [4.69, 9.17) is 14.8 Å². The first kappa shape index (κ1) is 28.6. The van der Waals surface area contributed by atoms with Crippen LogP contribution >= 0.6 is 0 Å². The van der Waals surface area contributed by atoms with Crippen molar-refractivity contribution in [2.24, 2.45) is 0 Å². The van der Waals surface area contributed by atoms with Crippen LogP contribution in [0.15, 0.2) is 97.1 Å². The lowest BCUT2D eigenvalue weighted by Gasteiger charge is -2.27. The van der Waals surface area contributed by atoms with Gasteiger partial charge in [0.05, 0.1) is 11.0 Å². The summed E-state index contributed by atoms with van der Waals surface area (Å²) in [5.41, 5.74) is 6.03. The van der Waals surface area contributed by atoms with Gasteiger partial charge >= 0.3 is 6.16 Å². The number of unbranched alkanes of at least 4 members (excludes halogenated alkanes) is 1. The molecule has 0 saturated carbocycles. The first-order chi connectivity index (χ1) is 20.4. The Morgan fingerprint density at radius 2 is 1.64 bits per heavy atom. The third kappa shape index (κ3) is 6.20. The number of carbonyl (C=O) groups is 2. The van der Waals surface area contributed by atoms with Gasteiger partial charge in [0, 0.05) is 35.8 Å². The normalized spacial score (nSPS) is 11.1. The molecule has 0 atom stereocenters. The van der Waals surface area contributed by atoms with E-state index in [1.807, 2.05) is 97.6 Å². The highest BCUT2D eigenvalue weighted by atomic mass is 16.7. The lowest BCUT2D eigenvalue weighted by Crippen LogP contribution is -2.37. The molecule has 7 nitrogen and oxygen atoms in total. The Labute approximate surface area is 246 Å². The Bertz CT molecular complexity index is 1690. The van der Waals surface area contributed by atoms with Gasteiger partial charge in [0.2, 0.25) is 0 Å². The zero-order valence-electron chi connectivity index (χ0n) is 24.2. The number of imidazole rings is 1. The number of anilines is 1. The maximum Gasteiger partial charge on any atom is 0.511 e. The highest BCUT2D eigenvalue weighted by Crippen LogP contribution is 2.31. The van der Waals surface area contributed by atoms with Gasteiger partial charge in [0.1, 0.15) is 11.6 Å². The Balaban J connectivity index is 1.51. The molecule has 214 valence electrons. The summed E-state index contributed by atoms with van der Waals surface area (Å²) in [5.74, 6) is 1.27. The smallest absolute Gasteiger partial charge is 0.449 e. The molecule has 1 N–H and O–H groups in total. The van der Waals surface area contributed by atoms with E-state index in [9.17, 15) is 9.59 Å². The minimum absolute atomic E-state index is 0.0355. The average Bonchev–Trinajstić information content (AvgIpc) is 3.33. The largest absolute Gasteiger partial charge is 0.511 e. The minimum Gasteiger partial charge on any atom is -0.449 e. The van der Waals surface area contributed by atoms with Crippen LogP contribution in [-0.2, 0) is 13.0 Å². The van der Waals surface area contributed by atoms with E-state index in [1.165, 1.54) is 0 Å². The predicted molar refractivity (Wildman–Crippen MR) is 166 cm³/mol. The Kier molecular flexibility index (Phi) is 8.67. The lowest BCUT2D eigenvalue weighted by atomic mass is 10.0. The highest BCUT2D eigenvalue weighted by Gasteiger charge is 2.22. The van der Waals surface area contributed by atoms with Crippen molar-refractivity contribution >= 4 is 28.8 Å². The van der Waals surface area contributed by atoms with E-state index in [-0.39, 0.29) is 11.9 Å². The number of aromatic nitrogens is 2. The molecule has 0 unspecified atom stereocenters. The molecule has 5 aromatic rings. The van der Waals surface area contributed by atoms with Crippen LogP contribution in [0, 0.1) is 0 Å². The van der Waals surface area contributed by atoms with Crippen molar-refractivity contribution in [3.63, 3.8) is 0 Å². The van der Waals surface area contributed by atoms with Crippen LogP contribution in [-0.4, -0.2) is 32.8 Å². The van der Waals surface area contributed by atoms with Gasteiger partial charge in [0.25, 0.3) is 5.91 Å². The van der Waals surface area contributed by atoms with Crippen LogP contribution in [0.5, 0.6) is 5.75 Å². The number of rotatable bonds is 10. The van der Waals surface area contributed by atoms with Crippen molar-refractivity contribution in [3.8, 4) is 16.9 Å². The fraction of sp³-hybridized carbons (Fsp3) is 0.229. The van der Waals surface area contributed by atoms with Crippen molar-refractivity contribution in [2.75, 3.05) is 4.90 Å². The molecule has 7 heteroatoms. The van der Waals surface area contributed by atoms with Gasteiger partial charge < -0.3 is 19.3 Å². The number of carboxylic acid groups (broad SMARTS) is 1. The maximum absolute atomic E-state index is 13.5. The third-order valence-corrected chi connectivity index (χ3v) is 7.29. The van der Waals surface area contributed by atoms with Crippen molar-refractivity contribution in [1.29, 1.82) is 0 Å². The van der Waals surface area contributed by atoms with Gasteiger partial charge in [-0.3, -0.25) is 4.79 Å². The number of para-hydroxylation sites is 1.